The van der Waals surface area contributed by atoms with Crippen LogP contribution in [0.5, 0.6) is 0 Å². The Labute approximate surface area is 164 Å². The van der Waals surface area contributed by atoms with Crippen molar-refractivity contribution >= 4 is 29.1 Å². The zero-order chi connectivity index (χ0) is 20.1. The molecule has 2 aromatic rings. The molecule has 0 radical (unpaired) electrons. The summed E-state index contributed by atoms with van der Waals surface area (Å²) in [6.45, 7) is 1.98. The molecule has 0 spiro atoms. The van der Waals surface area contributed by atoms with Gasteiger partial charge in [0.1, 0.15) is 6.23 Å². The third-order valence-electron chi connectivity index (χ3n) is 4.68. The summed E-state index contributed by atoms with van der Waals surface area (Å²) in [6.07, 6.45) is 0.608. The second-order valence-electron chi connectivity index (χ2n) is 6.70. The molecule has 0 bridgehead atoms. The molecule has 0 aromatic heterocycles. The maximum atomic E-state index is 13.1. The lowest BCUT2D eigenvalue weighted by molar-refractivity contribution is -0.117. The van der Waals surface area contributed by atoms with Gasteiger partial charge in [-0.05, 0) is 49.1 Å². The highest BCUT2D eigenvalue weighted by Crippen LogP contribution is 2.38. The zero-order valence-electron chi connectivity index (χ0n) is 16.1. The van der Waals surface area contributed by atoms with Crippen molar-refractivity contribution in [3.63, 3.8) is 0 Å². The average Bonchev–Trinajstić information content (AvgIpc) is 2.84. The zero-order valence-corrected chi connectivity index (χ0v) is 16.1. The summed E-state index contributed by atoms with van der Waals surface area (Å²) in [5.74, 6) is -0.0843. The second-order valence-corrected chi connectivity index (χ2v) is 6.70. The number of nitrogens with zero attached hydrogens (tertiary/aromatic N) is 1. The number of hydrogen-bond acceptors (Lipinski definition) is 5. The van der Waals surface area contributed by atoms with Gasteiger partial charge in [-0.3, -0.25) is 20.3 Å². The van der Waals surface area contributed by atoms with E-state index in [0.29, 0.717) is 12.2 Å². The van der Waals surface area contributed by atoms with Crippen molar-refractivity contribution < 1.29 is 19.4 Å². The number of methoxy groups -OCH3 is 1. The van der Waals surface area contributed by atoms with E-state index in [1.807, 2.05) is 36.4 Å². The summed E-state index contributed by atoms with van der Waals surface area (Å²) in [5.41, 5.74) is 4.28. The van der Waals surface area contributed by atoms with Crippen molar-refractivity contribution in [3.05, 3.63) is 53.6 Å². The van der Waals surface area contributed by atoms with Gasteiger partial charge >= 0.3 is 6.09 Å². The Morgan fingerprint density at radius 3 is 2.57 bits per heavy atom. The van der Waals surface area contributed by atoms with Crippen molar-refractivity contribution in [2.24, 2.45) is 0 Å². The van der Waals surface area contributed by atoms with Gasteiger partial charge in [0.05, 0.1) is 18.5 Å². The molecule has 0 saturated heterocycles. The molecule has 1 atom stereocenters. The summed E-state index contributed by atoms with van der Waals surface area (Å²) >= 11 is 0. The van der Waals surface area contributed by atoms with Gasteiger partial charge < -0.3 is 9.84 Å². The number of rotatable bonds is 5. The fraction of sp³-hybridized carbons (Fsp3) is 0.333. The van der Waals surface area contributed by atoms with E-state index < -0.39 is 12.3 Å². The fourth-order valence-corrected chi connectivity index (χ4v) is 3.34. The van der Waals surface area contributed by atoms with Crippen LogP contribution < -0.4 is 15.5 Å². The highest BCUT2D eigenvalue weighted by Gasteiger charge is 2.26. The van der Waals surface area contributed by atoms with Crippen molar-refractivity contribution in [2.45, 2.75) is 32.4 Å². The van der Waals surface area contributed by atoms with Gasteiger partial charge in [0.25, 0.3) is 0 Å². The number of ether oxygens (including phenoxy) is 1. The Balaban J connectivity index is 1.99. The highest BCUT2D eigenvalue weighted by atomic mass is 16.5. The Bertz CT molecular complexity index is 866. The molecule has 0 saturated carbocycles. The molecule has 1 aliphatic heterocycles. The second kappa shape index (κ2) is 8.86. The van der Waals surface area contributed by atoms with E-state index in [1.54, 1.807) is 17.9 Å². The predicted molar refractivity (Wildman–Crippen MR) is 108 cm³/mol. The number of para-hydroxylation sites is 1. The maximum Gasteiger partial charge on any atom is 0.411 e. The Hall–Kier alpha value is -2.90. The molecule has 1 aliphatic rings. The number of nitrogens with one attached hydrogen (secondary N) is 2. The summed E-state index contributed by atoms with van der Waals surface area (Å²) < 4.78 is 4.67. The molecule has 7 nitrogen and oxygen atoms in total. The van der Waals surface area contributed by atoms with Crippen LogP contribution in [-0.4, -0.2) is 37.0 Å². The van der Waals surface area contributed by atoms with Gasteiger partial charge in [-0.15, -0.1) is 0 Å². The van der Waals surface area contributed by atoms with Crippen molar-refractivity contribution in [1.29, 1.82) is 0 Å². The summed E-state index contributed by atoms with van der Waals surface area (Å²) in [5, 5.41) is 14.9. The number of carbonyl (C=O) groups excluding carboxylic acids is 2. The number of aliphatic hydroxyl groups excluding tert-OH is 1. The number of carbonyl (C=O) groups is 2. The molecule has 0 aliphatic carbocycles. The Kier molecular flexibility index (Phi) is 6.28. The van der Waals surface area contributed by atoms with Gasteiger partial charge in [0, 0.05) is 18.7 Å². The topological polar surface area (TPSA) is 90.9 Å². The van der Waals surface area contributed by atoms with Crippen molar-refractivity contribution in [1.82, 2.24) is 5.32 Å². The minimum atomic E-state index is -0.674. The van der Waals surface area contributed by atoms with Crippen LogP contribution in [0.1, 0.15) is 24.5 Å². The number of aryl methyl sites for hydroxylation is 2. The fourth-order valence-electron chi connectivity index (χ4n) is 3.34. The summed E-state index contributed by atoms with van der Waals surface area (Å²) in [4.78, 5) is 26.4. The first-order chi connectivity index (χ1) is 13.5. The first-order valence-corrected chi connectivity index (χ1v) is 9.30. The van der Waals surface area contributed by atoms with Crippen LogP contribution in [0.2, 0.25) is 0 Å². The third-order valence-corrected chi connectivity index (χ3v) is 4.68. The van der Waals surface area contributed by atoms with E-state index in [4.69, 9.17) is 0 Å². The van der Waals surface area contributed by atoms with Crippen LogP contribution in [0.3, 0.4) is 0 Å². The predicted octanol–water partition coefficient (Wildman–Crippen LogP) is 2.95. The van der Waals surface area contributed by atoms with Gasteiger partial charge in [0.15, 0.2) is 0 Å². The monoisotopic (exact) mass is 383 g/mol. The van der Waals surface area contributed by atoms with Gasteiger partial charge in [-0.1, -0.05) is 24.3 Å². The minimum absolute atomic E-state index is 0.0843. The molecule has 7 heteroatoms. The van der Waals surface area contributed by atoms with E-state index in [9.17, 15) is 14.7 Å². The van der Waals surface area contributed by atoms with Crippen LogP contribution >= 0.6 is 0 Å². The molecule has 28 heavy (non-hydrogen) atoms. The summed E-state index contributed by atoms with van der Waals surface area (Å²) in [6, 6.07) is 13.4. The van der Waals surface area contributed by atoms with Crippen LogP contribution in [0.15, 0.2) is 42.5 Å². The normalized spacial score (nSPS) is 13.8. The molecule has 148 valence electrons. The van der Waals surface area contributed by atoms with E-state index in [2.05, 4.69) is 15.4 Å². The third kappa shape index (κ3) is 4.49. The van der Waals surface area contributed by atoms with Crippen LogP contribution in [0.25, 0.3) is 0 Å². The molecule has 1 unspecified atom stereocenters. The standard InChI is InChI=1S/C21H25N3O4/c1-14(25)22-12-11-20(26)24-18-6-4-3-5-15(18)7-8-16-9-10-17(13-19(16)24)23-21(27)28-2/h3-6,9-10,13-14,22,25H,7-8,11-12H2,1-2H3,(H,23,27). The SMILES string of the molecule is COC(=O)Nc1ccc2c(c1)N(C(=O)CCNC(C)O)c1ccccc1CC2. The van der Waals surface area contributed by atoms with E-state index in [0.717, 1.165) is 35.3 Å². The first kappa shape index (κ1) is 19.9. The lowest BCUT2D eigenvalue weighted by Crippen LogP contribution is -2.33. The summed E-state index contributed by atoms with van der Waals surface area (Å²) in [7, 11) is 1.31. The number of hydrogen-bond donors (Lipinski definition) is 3. The molecule has 0 fully saturated rings. The lowest BCUT2D eigenvalue weighted by atomic mass is 10.0. The Morgan fingerprint density at radius 1 is 1.14 bits per heavy atom. The van der Waals surface area contributed by atoms with Gasteiger partial charge in [-0.25, -0.2) is 4.79 Å². The lowest BCUT2D eigenvalue weighted by Gasteiger charge is -2.26. The quantitative estimate of drug-likeness (QED) is 0.691. The van der Waals surface area contributed by atoms with Crippen LogP contribution in [-0.2, 0) is 22.4 Å². The van der Waals surface area contributed by atoms with E-state index in [1.165, 1.54) is 7.11 Å². The molecule has 3 N–H and O–H groups in total. The number of anilines is 3. The highest BCUT2D eigenvalue weighted by molar-refractivity contribution is 6.03. The molecule has 3 rings (SSSR count). The minimum Gasteiger partial charge on any atom is -0.453 e. The van der Waals surface area contributed by atoms with Gasteiger partial charge in [-0.2, -0.15) is 0 Å². The van der Waals surface area contributed by atoms with Crippen LogP contribution in [0, 0.1) is 0 Å². The molecular formula is C21H25N3O4. The number of aliphatic hydroxyl groups is 1. The smallest absolute Gasteiger partial charge is 0.411 e. The van der Waals surface area contributed by atoms with Crippen LogP contribution in [0.4, 0.5) is 21.9 Å². The van der Waals surface area contributed by atoms with Crippen molar-refractivity contribution in [2.75, 3.05) is 23.9 Å². The maximum absolute atomic E-state index is 13.1. The average molecular weight is 383 g/mol. The van der Waals surface area contributed by atoms with Crippen molar-refractivity contribution in [3.8, 4) is 0 Å². The molecule has 2 amide bonds. The Morgan fingerprint density at radius 2 is 1.86 bits per heavy atom. The first-order valence-electron chi connectivity index (χ1n) is 9.30. The number of fused-ring (bicyclic) bond motifs is 2. The number of benzene rings is 2. The molecule has 1 heterocycles. The molecular weight excluding hydrogens is 358 g/mol. The van der Waals surface area contributed by atoms with E-state index in [-0.39, 0.29) is 12.3 Å². The molecule has 2 aromatic carbocycles. The van der Waals surface area contributed by atoms with Gasteiger partial charge in [0.2, 0.25) is 5.91 Å². The number of amides is 2. The van der Waals surface area contributed by atoms with E-state index >= 15 is 0 Å². The largest absolute Gasteiger partial charge is 0.453 e.